The van der Waals surface area contributed by atoms with Gasteiger partial charge in [0.1, 0.15) is 11.6 Å². The highest BCUT2D eigenvalue weighted by molar-refractivity contribution is 7.89. The van der Waals surface area contributed by atoms with Gasteiger partial charge in [-0.15, -0.1) is 0 Å². The molecule has 4 aromatic rings. The van der Waals surface area contributed by atoms with Crippen LogP contribution in [0.25, 0.3) is 0 Å². The lowest BCUT2D eigenvalue weighted by atomic mass is 9.87. The van der Waals surface area contributed by atoms with Crippen molar-refractivity contribution < 1.29 is 32.6 Å². The molecule has 1 fully saturated rings. The number of carboxylic acid groups (broad SMARTS) is 1. The van der Waals surface area contributed by atoms with Crippen LogP contribution in [0.15, 0.2) is 102 Å². The molecule has 0 saturated heterocycles. The second kappa shape index (κ2) is 15.9. The first-order chi connectivity index (χ1) is 24.6. The number of rotatable bonds is 16. The van der Waals surface area contributed by atoms with Crippen molar-refractivity contribution in [2.75, 3.05) is 6.61 Å². The van der Waals surface area contributed by atoms with E-state index in [0.29, 0.717) is 24.6 Å². The molecule has 52 heavy (non-hydrogen) atoms. The van der Waals surface area contributed by atoms with Crippen LogP contribution < -0.4 is 5.32 Å². The van der Waals surface area contributed by atoms with Crippen LogP contribution in [0, 0.1) is 5.41 Å². The van der Waals surface area contributed by atoms with Gasteiger partial charge in [-0.1, -0.05) is 87.5 Å². The molecule has 2 heterocycles. The smallest absolute Gasteiger partial charge is 0.408 e. The minimum absolute atomic E-state index is 0.0277. The maximum absolute atomic E-state index is 14.0. The molecule has 0 radical (unpaired) electrons. The fourth-order valence-electron chi connectivity index (χ4n) is 6.05. The minimum atomic E-state index is -4.02. The van der Waals surface area contributed by atoms with E-state index in [-0.39, 0.29) is 30.0 Å². The molecule has 2 N–H and O–H groups in total. The Labute approximate surface area is 306 Å². The number of alkyl carbamates (subject to hydrolysis) is 1. The molecular formula is C40H48N4O7S. The first kappa shape index (κ1) is 38.6. The highest BCUT2D eigenvalue weighted by Gasteiger charge is 2.44. The molecule has 1 atom stereocenters. The van der Waals surface area contributed by atoms with E-state index in [2.05, 4.69) is 34.6 Å². The topological polar surface area (TPSA) is 148 Å². The Balaban J connectivity index is 1.29. The zero-order chi connectivity index (χ0) is 37.6. The summed E-state index contributed by atoms with van der Waals surface area (Å²) < 4.78 is 41.0. The molecule has 1 aliphatic carbocycles. The molecule has 0 aliphatic heterocycles. The molecule has 1 saturated carbocycles. The summed E-state index contributed by atoms with van der Waals surface area (Å²) in [6.45, 7) is 9.80. The van der Waals surface area contributed by atoms with E-state index in [1.54, 1.807) is 65.0 Å². The highest BCUT2D eigenvalue weighted by Crippen LogP contribution is 2.48. The van der Waals surface area contributed by atoms with E-state index in [0.717, 1.165) is 24.0 Å². The number of amides is 1. The maximum Gasteiger partial charge on any atom is 0.408 e. The van der Waals surface area contributed by atoms with Gasteiger partial charge in [0, 0.05) is 30.3 Å². The lowest BCUT2D eigenvalue weighted by molar-refractivity contribution is -0.142. The number of hydrogen-bond acceptors (Lipinski definition) is 8. The summed E-state index contributed by atoms with van der Waals surface area (Å²) in [7, 11) is -4.02. The predicted octanol–water partition coefficient (Wildman–Crippen LogP) is 6.66. The lowest BCUT2D eigenvalue weighted by Crippen LogP contribution is -2.50. The average molecular weight is 729 g/mol. The van der Waals surface area contributed by atoms with Crippen LogP contribution in [-0.2, 0) is 55.8 Å². The van der Waals surface area contributed by atoms with Gasteiger partial charge in [0.15, 0.2) is 5.03 Å². The second-order valence-corrected chi connectivity index (χ2v) is 17.0. The number of sulfonamides is 1. The van der Waals surface area contributed by atoms with Gasteiger partial charge in [-0.25, -0.2) is 23.0 Å². The number of aliphatic carboxylic acids is 1. The molecule has 1 unspecified atom stereocenters. The van der Waals surface area contributed by atoms with Crippen molar-refractivity contribution in [3.63, 3.8) is 0 Å². The van der Waals surface area contributed by atoms with Crippen LogP contribution in [0.5, 0.6) is 0 Å². The Kier molecular flexibility index (Phi) is 11.8. The van der Waals surface area contributed by atoms with Crippen molar-refractivity contribution in [3.8, 4) is 0 Å². The summed E-state index contributed by atoms with van der Waals surface area (Å²) in [6.07, 6.45) is 2.87. The summed E-state index contributed by atoms with van der Waals surface area (Å²) in [6, 6.07) is 27.1. The molecule has 276 valence electrons. The quantitative estimate of drug-likeness (QED) is 0.129. The number of aromatic nitrogens is 2. The zero-order valence-electron chi connectivity index (χ0n) is 30.4. The lowest BCUT2D eigenvalue weighted by Gasteiger charge is -2.30. The van der Waals surface area contributed by atoms with Crippen molar-refractivity contribution in [2.24, 2.45) is 5.41 Å². The number of carbonyl (C=O) groups excluding carboxylic acids is 1. The van der Waals surface area contributed by atoms with Crippen molar-refractivity contribution >= 4 is 22.1 Å². The third-order valence-electron chi connectivity index (χ3n) is 9.06. The number of nitrogens with one attached hydrogen (secondary N) is 1. The van der Waals surface area contributed by atoms with Crippen molar-refractivity contribution in [3.05, 3.63) is 125 Å². The second-order valence-electron chi connectivity index (χ2n) is 15.1. The van der Waals surface area contributed by atoms with E-state index >= 15 is 0 Å². The SMILES string of the molecule is CC(C)(Cc1cccc(CN(Cc2ccc(C3(COCc4ccccc4)CC3)cc2)S(=O)(=O)c2ccccn2)n1)OC(=O)NC(C(=O)O)C(C)(C)C. The standard InChI is InChI=1S/C40H48N4O7S/c1-38(2,3)35(36(45)46)43-37(47)51-39(4,5)24-32-14-11-15-33(42-32)26-44(52(48,49)34-16-9-10-23-41-34)25-29-17-19-31(20-18-29)40(21-22-40)28-50-27-30-12-7-6-8-13-30/h6-20,23,35H,21-22,24-28H2,1-5H3,(H,43,47)(H,45,46). The largest absolute Gasteiger partial charge is 0.480 e. The van der Waals surface area contributed by atoms with E-state index < -0.39 is 39.1 Å². The third-order valence-corrected chi connectivity index (χ3v) is 10.8. The molecule has 0 spiro atoms. The summed E-state index contributed by atoms with van der Waals surface area (Å²) >= 11 is 0. The molecule has 11 nitrogen and oxygen atoms in total. The molecule has 2 aromatic carbocycles. The normalized spacial score (nSPS) is 14.8. The summed E-state index contributed by atoms with van der Waals surface area (Å²) in [5, 5.41) is 12.0. The van der Waals surface area contributed by atoms with Gasteiger partial charge in [-0.05, 0) is 73.1 Å². The van der Waals surface area contributed by atoms with E-state index in [4.69, 9.17) is 14.5 Å². The Morgan fingerprint density at radius 3 is 2.15 bits per heavy atom. The maximum atomic E-state index is 14.0. The molecule has 2 aromatic heterocycles. The number of nitrogens with zero attached hydrogens (tertiary/aromatic N) is 3. The number of hydrogen-bond donors (Lipinski definition) is 2. The van der Waals surface area contributed by atoms with Crippen molar-refractivity contribution in [2.45, 2.75) is 95.7 Å². The third kappa shape index (κ3) is 10.2. The molecular weight excluding hydrogens is 681 g/mol. The first-order valence-corrected chi connectivity index (χ1v) is 18.8. The average Bonchev–Trinajstić information content (AvgIpc) is 3.88. The Hall–Kier alpha value is -4.65. The number of ether oxygens (including phenoxy) is 2. The Bertz CT molecular complexity index is 1930. The van der Waals surface area contributed by atoms with E-state index in [1.807, 2.05) is 30.3 Å². The van der Waals surface area contributed by atoms with Gasteiger partial charge in [0.2, 0.25) is 0 Å². The fourth-order valence-corrected chi connectivity index (χ4v) is 7.38. The fraction of sp³-hybridized carbons (Fsp3) is 0.400. The van der Waals surface area contributed by atoms with Gasteiger partial charge < -0.3 is 19.9 Å². The van der Waals surface area contributed by atoms with Gasteiger partial charge in [0.05, 0.1) is 25.5 Å². The van der Waals surface area contributed by atoms with Crippen LogP contribution in [0.2, 0.25) is 0 Å². The monoisotopic (exact) mass is 728 g/mol. The number of benzene rings is 2. The van der Waals surface area contributed by atoms with E-state index in [9.17, 15) is 23.1 Å². The molecule has 5 rings (SSSR count). The van der Waals surface area contributed by atoms with Gasteiger partial charge in [-0.2, -0.15) is 4.31 Å². The molecule has 1 aliphatic rings. The summed E-state index contributed by atoms with van der Waals surface area (Å²) in [5.41, 5.74) is 2.39. The molecule has 0 bridgehead atoms. The van der Waals surface area contributed by atoms with E-state index in [1.165, 1.54) is 22.1 Å². The Morgan fingerprint density at radius 2 is 1.54 bits per heavy atom. The van der Waals surface area contributed by atoms with Crippen LogP contribution in [-0.4, -0.2) is 58.1 Å². The van der Waals surface area contributed by atoms with Crippen LogP contribution in [0.3, 0.4) is 0 Å². The molecule has 1 amide bonds. The minimum Gasteiger partial charge on any atom is -0.480 e. The summed E-state index contributed by atoms with van der Waals surface area (Å²) in [5.74, 6) is -1.16. The number of pyridine rings is 2. The van der Waals surface area contributed by atoms with Crippen molar-refractivity contribution in [1.29, 1.82) is 0 Å². The number of carboxylic acids is 1. The highest BCUT2D eigenvalue weighted by atomic mass is 32.2. The van der Waals surface area contributed by atoms with Gasteiger partial charge >= 0.3 is 12.1 Å². The van der Waals surface area contributed by atoms with Crippen LogP contribution in [0.4, 0.5) is 4.79 Å². The van der Waals surface area contributed by atoms with Gasteiger partial charge in [0.25, 0.3) is 10.0 Å². The van der Waals surface area contributed by atoms with Crippen LogP contribution in [0.1, 0.15) is 75.5 Å². The summed E-state index contributed by atoms with van der Waals surface area (Å²) in [4.78, 5) is 33.3. The molecule has 12 heteroatoms. The predicted molar refractivity (Wildman–Crippen MR) is 197 cm³/mol. The van der Waals surface area contributed by atoms with Crippen molar-refractivity contribution in [1.82, 2.24) is 19.6 Å². The first-order valence-electron chi connectivity index (χ1n) is 17.4. The Morgan fingerprint density at radius 1 is 0.865 bits per heavy atom. The van der Waals surface area contributed by atoms with Crippen LogP contribution >= 0.6 is 0 Å². The van der Waals surface area contributed by atoms with Gasteiger partial charge in [-0.3, -0.25) is 4.98 Å². The number of carbonyl (C=O) groups is 2. The zero-order valence-corrected chi connectivity index (χ0v) is 31.2.